The maximum Gasteiger partial charge on any atom is 0.306 e. The Kier molecular flexibility index (Phi) is 13.7. The SMILES string of the molecule is CC(C)CCC[C@@H](C)[C@H]1CC[C@H]2[C@@H]3CC=C4C[C@@H](OC(=O)CCCCCNC(=O)[C@@H](N)CCCN=C(N)N)CC[C@]4(C)[C@H]3CC[C@]12C. The number of aliphatic imine (C=N–C) groups is 1. The number of nitrogens with one attached hydrogen (secondary N) is 1. The zero-order valence-corrected chi connectivity index (χ0v) is 30.5. The molecule has 0 aromatic heterocycles. The third-order valence-corrected chi connectivity index (χ3v) is 13.2. The number of amides is 1. The Labute approximate surface area is 286 Å². The van der Waals surface area contributed by atoms with Gasteiger partial charge in [-0.2, -0.15) is 0 Å². The summed E-state index contributed by atoms with van der Waals surface area (Å²) in [5.74, 6) is 4.86. The molecule has 4 rings (SSSR count). The Morgan fingerprint density at radius 1 is 0.957 bits per heavy atom. The first kappa shape index (κ1) is 37.7. The van der Waals surface area contributed by atoms with Crippen molar-refractivity contribution >= 4 is 17.8 Å². The summed E-state index contributed by atoms with van der Waals surface area (Å²) in [5.41, 5.74) is 18.9. The maximum atomic E-state index is 12.8. The zero-order valence-electron chi connectivity index (χ0n) is 30.5. The molecule has 0 heterocycles. The second kappa shape index (κ2) is 17.0. The first-order chi connectivity index (χ1) is 22.3. The van der Waals surface area contributed by atoms with E-state index in [0.29, 0.717) is 37.8 Å². The van der Waals surface area contributed by atoms with E-state index < -0.39 is 6.04 Å². The second-order valence-electron chi connectivity index (χ2n) is 16.8. The molecular weight excluding hydrogens is 586 g/mol. The lowest BCUT2D eigenvalue weighted by Gasteiger charge is -2.58. The molecule has 268 valence electrons. The fraction of sp³-hybridized carbons (Fsp3) is 0.872. The van der Waals surface area contributed by atoms with Crippen LogP contribution in [0.2, 0.25) is 0 Å². The van der Waals surface area contributed by atoms with Crippen LogP contribution >= 0.6 is 0 Å². The van der Waals surface area contributed by atoms with Crippen LogP contribution < -0.4 is 22.5 Å². The molecule has 4 aliphatic rings. The van der Waals surface area contributed by atoms with Crippen LogP contribution in [0.4, 0.5) is 0 Å². The van der Waals surface area contributed by atoms with E-state index in [1.54, 1.807) is 5.57 Å². The van der Waals surface area contributed by atoms with Crippen LogP contribution in [-0.2, 0) is 14.3 Å². The molecule has 0 aromatic carbocycles. The number of hydrogen-bond acceptors (Lipinski definition) is 5. The highest BCUT2D eigenvalue weighted by molar-refractivity contribution is 5.81. The molecule has 0 spiro atoms. The first-order valence-electron chi connectivity index (χ1n) is 19.3. The van der Waals surface area contributed by atoms with Crippen LogP contribution in [-0.4, -0.2) is 43.1 Å². The summed E-state index contributed by atoms with van der Waals surface area (Å²) in [6.45, 7) is 13.5. The molecule has 47 heavy (non-hydrogen) atoms. The number of carbonyl (C=O) groups is 2. The molecular formula is C39H69N5O3. The zero-order chi connectivity index (χ0) is 34.2. The van der Waals surface area contributed by atoms with Crippen molar-refractivity contribution in [2.75, 3.05) is 13.1 Å². The molecule has 0 aromatic rings. The number of ether oxygens (including phenoxy) is 1. The van der Waals surface area contributed by atoms with Crippen molar-refractivity contribution in [2.24, 2.45) is 68.5 Å². The predicted molar refractivity (Wildman–Crippen MR) is 192 cm³/mol. The van der Waals surface area contributed by atoms with Gasteiger partial charge in [-0.25, -0.2) is 0 Å². The number of rotatable bonds is 17. The van der Waals surface area contributed by atoms with Crippen LogP contribution in [0, 0.1) is 46.3 Å². The van der Waals surface area contributed by atoms with Gasteiger partial charge in [-0.05, 0) is 117 Å². The topological polar surface area (TPSA) is 146 Å². The number of hydrogen-bond donors (Lipinski definition) is 4. The van der Waals surface area contributed by atoms with E-state index in [1.807, 2.05) is 0 Å². The third-order valence-electron chi connectivity index (χ3n) is 13.2. The van der Waals surface area contributed by atoms with Gasteiger partial charge in [0, 0.05) is 25.9 Å². The maximum absolute atomic E-state index is 12.8. The largest absolute Gasteiger partial charge is 0.462 e. The van der Waals surface area contributed by atoms with E-state index in [4.69, 9.17) is 21.9 Å². The second-order valence-corrected chi connectivity index (χ2v) is 16.8. The van der Waals surface area contributed by atoms with E-state index >= 15 is 0 Å². The summed E-state index contributed by atoms with van der Waals surface area (Å²) >= 11 is 0. The fourth-order valence-corrected chi connectivity index (χ4v) is 10.6. The number of nitrogens with zero attached hydrogens (tertiary/aromatic N) is 1. The van der Waals surface area contributed by atoms with Crippen molar-refractivity contribution in [3.63, 3.8) is 0 Å². The minimum absolute atomic E-state index is 0.0162. The van der Waals surface area contributed by atoms with Crippen molar-refractivity contribution in [2.45, 2.75) is 156 Å². The average Bonchev–Trinajstić information content (AvgIpc) is 3.38. The highest BCUT2D eigenvalue weighted by Gasteiger charge is 2.59. The molecule has 0 saturated heterocycles. The van der Waals surface area contributed by atoms with Crippen LogP contribution in [0.25, 0.3) is 0 Å². The van der Waals surface area contributed by atoms with E-state index in [1.165, 1.54) is 51.4 Å². The molecule has 0 bridgehead atoms. The van der Waals surface area contributed by atoms with Gasteiger partial charge in [0.2, 0.25) is 5.91 Å². The monoisotopic (exact) mass is 656 g/mol. The Bertz CT molecular complexity index is 1100. The lowest BCUT2D eigenvalue weighted by molar-refractivity contribution is -0.151. The number of carbonyl (C=O) groups excluding carboxylic acids is 2. The Balaban J connectivity index is 1.17. The molecule has 4 aliphatic carbocycles. The molecule has 1 amide bonds. The van der Waals surface area contributed by atoms with Crippen molar-refractivity contribution in [3.8, 4) is 0 Å². The van der Waals surface area contributed by atoms with Gasteiger partial charge in [0.05, 0.1) is 6.04 Å². The van der Waals surface area contributed by atoms with E-state index in [9.17, 15) is 9.59 Å². The van der Waals surface area contributed by atoms with E-state index in [2.05, 4.69) is 51.0 Å². The number of guanidine groups is 1. The third kappa shape index (κ3) is 9.54. The lowest BCUT2D eigenvalue weighted by Crippen LogP contribution is -2.51. The van der Waals surface area contributed by atoms with E-state index in [-0.39, 0.29) is 29.4 Å². The lowest BCUT2D eigenvalue weighted by atomic mass is 9.47. The number of esters is 1. The molecule has 9 atom stereocenters. The van der Waals surface area contributed by atoms with Gasteiger partial charge in [0.25, 0.3) is 0 Å². The molecule has 0 radical (unpaired) electrons. The Morgan fingerprint density at radius 2 is 1.74 bits per heavy atom. The number of unbranched alkanes of at least 4 members (excludes halogenated alkanes) is 2. The summed E-state index contributed by atoms with van der Waals surface area (Å²) in [5, 5.41) is 2.90. The molecule has 7 N–H and O–H groups in total. The first-order valence-corrected chi connectivity index (χ1v) is 19.3. The van der Waals surface area contributed by atoms with Gasteiger partial charge in [-0.15, -0.1) is 0 Å². The normalized spacial score (nSPS) is 32.7. The highest BCUT2D eigenvalue weighted by Crippen LogP contribution is 2.67. The van der Waals surface area contributed by atoms with E-state index in [0.717, 1.165) is 74.0 Å². The molecule has 3 fully saturated rings. The van der Waals surface area contributed by atoms with Crippen LogP contribution in [0.3, 0.4) is 0 Å². The summed E-state index contributed by atoms with van der Waals surface area (Å²) in [4.78, 5) is 28.9. The van der Waals surface area contributed by atoms with Gasteiger partial charge >= 0.3 is 5.97 Å². The predicted octanol–water partition coefficient (Wildman–Crippen LogP) is 7.00. The Morgan fingerprint density at radius 3 is 2.49 bits per heavy atom. The average molecular weight is 656 g/mol. The smallest absolute Gasteiger partial charge is 0.306 e. The molecule has 8 nitrogen and oxygen atoms in total. The van der Waals surface area contributed by atoms with Crippen molar-refractivity contribution in [1.82, 2.24) is 5.32 Å². The van der Waals surface area contributed by atoms with Gasteiger partial charge in [0.15, 0.2) is 5.96 Å². The molecule has 0 unspecified atom stereocenters. The minimum atomic E-state index is -0.562. The molecule has 3 saturated carbocycles. The van der Waals surface area contributed by atoms with Gasteiger partial charge in [-0.3, -0.25) is 14.6 Å². The summed E-state index contributed by atoms with van der Waals surface area (Å²) in [6, 6.07) is -0.562. The molecule has 8 heteroatoms. The standard InChI is InChI=1S/C39H69N5O3/c1-26(2)11-9-12-27(3)31-17-18-32-30-16-15-28-25-29(19-21-38(28,4)33(30)20-22-39(31,32)5)47-35(45)14-7-6-8-23-43-36(46)34(40)13-10-24-44-37(41)42/h15,26-27,29-34H,6-14,16-25,40H2,1-5H3,(H,43,46)(H4,41,42,44)/t27-,29+,30+,31-,32+,33+,34+,38+,39-/m1/s1. The van der Waals surface area contributed by atoms with Crippen LogP contribution in [0.1, 0.15) is 144 Å². The van der Waals surface area contributed by atoms with Crippen LogP contribution in [0.5, 0.6) is 0 Å². The van der Waals surface area contributed by atoms with Gasteiger partial charge in [0.1, 0.15) is 6.10 Å². The summed E-state index contributed by atoms with van der Waals surface area (Å²) in [7, 11) is 0. The van der Waals surface area contributed by atoms with Crippen LogP contribution in [0.15, 0.2) is 16.6 Å². The van der Waals surface area contributed by atoms with Gasteiger partial charge < -0.3 is 27.3 Å². The van der Waals surface area contributed by atoms with Crippen molar-refractivity contribution < 1.29 is 14.3 Å². The molecule has 0 aliphatic heterocycles. The van der Waals surface area contributed by atoms with Gasteiger partial charge in [-0.1, -0.05) is 72.0 Å². The number of nitrogens with two attached hydrogens (primary N) is 3. The van der Waals surface area contributed by atoms with Crippen molar-refractivity contribution in [1.29, 1.82) is 0 Å². The Hall–Kier alpha value is -2.09. The minimum Gasteiger partial charge on any atom is -0.462 e. The van der Waals surface area contributed by atoms with Crippen molar-refractivity contribution in [3.05, 3.63) is 11.6 Å². The quantitative estimate of drug-likeness (QED) is 0.0437. The highest BCUT2D eigenvalue weighted by atomic mass is 16.5. The summed E-state index contributed by atoms with van der Waals surface area (Å²) < 4.78 is 6.04. The summed E-state index contributed by atoms with van der Waals surface area (Å²) in [6.07, 6.45) is 20.8. The number of fused-ring (bicyclic) bond motifs is 5. The fourth-order valence-electron chi connectivity index (χ4n) is 10.6. The number of allylic oxidation sites excluding steroid dienone is 1.